The number of carbonyl (C=O) groups excluding carboxylic acids is 2. The van der Waals surface area contributed by atoms with E-state index in [0.29, 0.717) is 23.9 Å². The van der Waals surface area contributed by atoms with E-state index in [4.69, 9.17) is 18.5 Å². The second kappa shape index (κ2) is 44.4. The van der Waals surface area contributed by atoms with Crippen molar-refractivity contribution in [2.45, 2.75) is 238 Å². The van der Waals surface area contributed by atoms with Gasteiger partial charge in [0.05, 0.1) is 27.7 Å². The Hall–Kier alpha value is -1.77. The number of phosphoric acid groups is 1. The number of hydrogen-bond acceptors (Lipinski definition) is 7. The normalized spacial score (nSPS) is 13.7. The lowest BCUT2D eigenvalue weighted by Crippen LogP contribution is -2.37. The first-order chi connectivity index (χ1) is 30.0. The molecule has 0 aliphatic heterocycles. The summed E-state index contributed by atoms with van der Waals surface area (Å²) < 4.78 is 34.4. The van der Waals surface area contributed by atoms with Gasteiger partial charge in [-0.25, -0.2) is 4.57 Å². The molecule has 0 aromatic rings. The summed E-state index contributed by atoms with van der Waals surface area (Å²) in [5.41, 5.74) is 0. The minimum atomic E-state index is -4.39. The van der Waals surface area contributed by atoms with Crippen molar-refractivity contribution in [2.75, 3.05) is 47.5 Å². The molecule has 0 amide bonds. The van der Waals surface area contributed by atoms with Crippen LogP contribution in [0.15, 0.2) is 36.5 Å². The number of hydrogen-bond donors (Lipinski definition) is 1. The summed E-state index contributed by atoms with van der Waals surface area (Å²) in [7, 11) is 1.46. The van der Waals surface area contributed by atoms with Crippen LogP contribution in [0, 0.1) is 0 Å². The molecule has 0 rings (SSSR count). The molecule has 0 fully saturated rings. The minimum absolute atomic E-state index is 0.0254. The van der Waals surface area contributed by atoms with Crippen LogP contribution in [-0.2, 0) is 32.7 Å². The van der Waals surface area contributed by atoms with E-state index in [1.165, 1.54) is 141 Å². The van der Waals surface area contributed by atoms with E-state index in [1.807, 2.05) is 21.1 Å². The predicted molar refractivity (Wildman–Crippen MR) is 261 cm³/mol. The largest absolute Gasteiger partial charge is 0.472 e. The van der Waals surface area contributed by atoms with Crippen molar-refractivity contribution in [2.24, 2.45) is 0 Å². The monoisotopic (exact) mass is 897 g/mol. The van der Waals surface area contributed by atoms with Crippen molar-refractivity contribution in [1.82, 2.24) is 0 Å². The van der Waals surface area contributed by atoms with Crippen LogP contribution >= 0.6 is 7.82 Å². The van der Waals surface area contributed by atoms with Gasteiger partial charge in [-0.1, -0.05) is 192 Å². The number of ether oxygens (including phenoxy) is 2. The topological polar surface area (TPSA) is 108 Å². The van der Waals surface area contributed by atoms with Crippen LogP contribution in [0.25, 0.3) is 0 Å². The Morgan fingerprint density at radius 1 is 0.500 bits per heavy atom. The highest BCUT2D eigenvalue weighted by molar-refractivity contribution is 7.47. The maximum Gasteiger partial charge on any atom is 0.472 e. The molecular formula is C52H99NO8P+. The van der Waals surface area contributed by atoms with E-state index in [-0.39, 0.29) is 26.1 Å². The molecule has 0 spiro atoms. The molecule has 0 saturated heterocycles. The molecule has 62 heavy (non-hydrogen) atoms. The van der Waals surface area contributed by atoms with Gasteiger partial charge >= 0.3 is 19.8 Å². The third-order valence-electron chi connectivity index (χ3n) is 11.1. The van der Waals surface area contributed by atoms with Gasteiger partial charge in [0, 0.05) is 12.8 Å². The van der Waals surface area contributed by atoms with E-state index < -0.39 is 32.5 Å². The third-order valence-corrected chi connectivity index (χ3v) is 12.1. The summed E-state index contributed by atoms with van der Waals surface area (Å²) >= 11 is 0. The molecule has 0 aromatic heterocycles. The zero-order chi connectivity index (χ0) is 45.7. The van der Waals surface area contributed by atoms with Crippen molar-refractivity contribution in [3.8, 4) is 0 Å². The van der Waals surface area contributed by atoms with Gasteiger partial charge in [-0.05, 0) is 64.2 Å². The van der Waals surface area contributed by atoms with Crippen LogP contribution in [0.2, 0.25) is 0 Å². The average Bonchev–Trinajstić information content (AvgIpc) is 3.23. The Bertz CT molecular complexity index is 1150. The second-order valence-electron chi connectivity index (χ2n) is 18.5. The lowest BCUT2D eigenvalue weighted by molar-refractivity contribution is -0.870. The summed E-state index contributed by atoms with van der Waals surface area (Å²) in [5.74, 6) is -0.845. The van der Waals surface area contributed by atoms with Crippen molar-refractivity contribution >= 4 is 19.8 Å². The Kier molecular flexibility index (Phi) is 43.2. The highest BCUT2D eigenvalue weighted by atomic mass is 31.2. The van der Waals surface area contributed by atoms with Gasteiger partial charge in [0.25, 0.3) is 0 Å². The number of likely N-dealkylation sites (N-methyl/N-ethyl adjacent to an activating group) is 1. The number of carbonyl (C=O) groups is 2. The van der Waals surface area contributed by atoms with Crippen molar-refractivity contribution < 1.29 is 42.1 Å². The highest BCUT2D eigenvalue weighted by Crippen LogP contribution is 2.43. The molecule has 0 saturated carbocycles. The molecule has 2 atom stereocenters. The fourth-order valence-corrected chi connectivity index (χ4v) is 7.85. The fourth-order valence-electron chi connectivity index (χ4n) is 7.11. The Morgan fingerprint density at radius 2 is 0.887 bits per heavy atom. The maximum absolute atomic E-state index is 12.7. The summed E-state index contributed by atoms with van der Waals surface area (Å²) in [6.07, 6.45) is 52.1. The molecule has 0 aliphatic rings. The lowest BCUT2D eigenvalue weighted by atomic mass is 10.0. The van der Waals surface area contributed by atoms with Crippen LogP contribution in [0.5, 0.6) is 0 Å². The molecule has 0 aliphatic carbocycles. The van der Waals surface area contributed by atoms with Gasteiger partial charge in [0.2, 0.25) is 0 Å². The van der Waals surface area contributed by atoms with E-state index in [1.54, 1.807) is 0 Å². The van der Waals surface area contributed by atoms with Crippen LogP contribution in [-0.4, -0.2) is 74.9 Å². The van der Waals surface area contributed by atoms with Crippen LogP contribution < -0.4 is 0 Å². The van der Waals surface area contributed by atoms with Crippen LogP contribution in [0.3, 0.4) is 0 Å². The molecule has 1 N–H and O–H groups in total. The second-order valence-corrected chi connectivity index (χ2v) is 20.0. The molecule has 9 nitrogen and oxygen atoms in total. The summed E-state index contributed by atoms with van der Waals surface area (Å²) in [4.78, 5) is 35.5. The molecule has 0 radical (unpaired) electrons. The smallest absolute Gasteiger partial charge is 0.462 e. The molecule has 0 bridgehead atoms. The zero-order valence-electron chi connectivity index (χ0n) is 41.1. The van der Waals surface area contributed by atoms with Crippen LogP contribution in [0.4, 0.5) is 0 Å². The predicted octanol–water partition coefficient (Wildman–Crippen LogP) is 15.3. The first-order valence-electron chi connectivity index (χ1n) is 25.7. The van der Waals surface area contributed by atoms with E-state index in [0.717, 1.165) is 51.4 Å². The van der Waals surface area contributed by atoms with Gasteiger partial charge in [0.15, 0.2) is 6.10 Å². The van der Waals surface area contributed by atoms with E-state index in [9.17, 15) is 19.0 Å². The number of allylic oxidation sites excluding steroid dienone is 6. The quantitative estimate of drug-likeness (QED) is 0.0212. The lowest BCUT2D eigenvalue weighted by Gasteiger charge is -2.24. The Balaban J connectivity index is 4.24. The Labute approximate surface area is 382 Å². The third kappa shape index (κ3) is 47.7. The van der Waals surface area contributed by atoms with Crippen LogP contribution in [0.1, 0.15) is 232 Å². The van der Waals surface area contributed by atoms with Gasteiger partial charge in [0.1, 0.15) is 19.8 Å². The number of nitrogens with zero attached hydrogens (tertiary/aromatic N) is 1. The van der Waals surface area contributed by atoms with Gasteiger partial charge in [-0.3, -0.25) is 18.6 Å². The van der Waals surface area contributed by atoms with Crippen molar-refractivity contribution in [1.29, 1.82) is 0 Å². The number of quaternary nitrogens is 1. The summed E-state index contributed by atoms with van der Waals surface area (Å²) in [5, 5.41) is 0. The van der Waals surface area contributed by atoms with Crippen molar-refractivity contribution in [3.05, 3.63) is 36.5 Å². The SMILES string of the molecule is CCCCC/C=C/C/C=C/CCCCCCCC(=O)O[C@@H](COC(=O)CCC/C=C/CCCCCCCCCCCCCCCCCCCC)COP(=O)(O)OCC[N+](C)(C)C. The first-order valence-corrected chi connectivity index (χ1v) is 27.2. The number of rotatable bonds is 47. The summed E-state index contributed by atoms with van der Waals surface area (Å²) in [6.45, 7) is 4.38. The van der Waals surface area contributed by atoms with E-state index >= 15 is 0 Å². The van der Waals surface area contributed by atoms with Crippen molar-refractivity contribution in [3.63, 3.8) is 0 Å². The average molecular weight is 897 g/mol. The zero-order valence-corrected chi connectivity index (χ0v) is 42.0. The molecule has 1 unspecified atom stereocenters. The maximum atomic E-state index is 12.7. The molecular weight excluding hydrogens is 798 g/mol. The minimum Gasteiger partial charge on any atom is -0.462 e. The summed E-state index contributed by atoms with van der Waals surface area (Å²) in [6, 6.07) is 0. The molecule has 0 heterocycles. The number of esters is 2. The fraction of sp³-hybridized carbons (Fsp3) is 0.846. The number of unbranched alkanes of at least 4 members (excludes halogenated alkanes) is 27. The molecule has 0 aromatic carbocycles. The molecule has 10 heteroatoms. The van der Waals surface area contributed by atoms with Gasteiger partial charge in [-0.15, -0.1) is 0 Å². The Morgan fingerprint density at radius 3 is 1.37 bits per heavy atom. The highest BCUT2D eigenvalue weighted by Gasteiger charge is 2.27. The standard InChI is InChI=1S/C52H98NO8P/c1-6-8-10-12-14-16-18-20-22-23-24-25-26-27-28-29-31-32-34-36-38-40-42-44-51(54)58-48-50(49-60-62(56,57)59-47-46-53(3,4)5)61-52(55)45-43-41-39-37-35-33-30-21-19-17-15-13-11-9-7-2/h15,17,21,30,36,38,50H,6-14,16,18-20,22-29,31-35,37,39-49H2,1-5H3/p+1/b17-15+,30-21+,38-36+/t50-/m0/s1. The van der Waals surface area contributed by atoms with Gasteiger partial charge < -0.3 is 18.9 Å². The van der Waals surface area contributed by atoms with E-state index in [2.05, 4.69) is 50.3 Å². The first kappa shape index (κ1) is 60.2. The number of phosphoric ester groups is 1. The molecule has 364 valence electrons. The van der Waals surface area contributed by atoms with Gasteiger partial charge in [-0.2, -0.15) is 0 Å².